The standard InChI is InChI=1S/C54H38N2/c1-36(38-18-6-3-7-19-38)55-53-47(34-37-16-4-2-5-17-37)43-21-9-13-25-49(43)54(53)48-24-12-8-20-42(48)44-33-30-40(35-50(44)54)39-28-31-41(32-29-39)56-51-26-14-10-22-45(51)46-23-11-15-27-52(46)56/h2-33,35H,34H2,1H3. The number of nitrogens with zero attached hydrogens (tertiary/aromatic N) is 2. The topological polar surface area (TPSA) is 17.3 Å². The van der Waals surface area contributed by atoms with Gasteiger partial charge in [0.2, 0.25) is 0 Å². The number of aliphatic imine (C=N–C) groups is 1. The van der Waals surface area contributed by atoms with Gasteiger partial charge in [-0.2, -0.15) is 0 Å². The molecular weight excluding hydrogens is 677 g/mol. The van der Waals surface area contributed by atoms with Crippen LogP contribution in [0.1, 0.15) is 40.3 Å². The first-order chi connectivity index (χ1) is 27.7. The summed E-state index contributed by atoms with van der Waals surface area (Å²) in [5, 5.41) is 2.54. The Morgan fingerprint density at radius 1 is 0.482 bits per heavy atom. The smallest absolute Gasteiger partial charge is 0.0895 e. The minimum Gasteiger partial charge on any atom is -0.309 e. The van der Waals surface area contributed by atoms with Gasteiger partial charge in [-0.25, -0.2) is 0 Å². The summed E-state index contributed by atoms with van der Waals surface area (Å²) in [6.07, 6.45) is 0.794. The molecule has 1 spiro atoms. The molecule has 2 aliphatic rings. The molecule has 1 unspecified atom stereocenters. The summed E-state index contributed by atoms with van der Waals surface area (Å²) < 4.78 is 2.39. The quantitative estimate of drug-likeness (QED) is 0.153. The molecule has 0 saturated heterocycles. The lowest BCUT2D eigenvalue weighted by Gasteiger charge is -2.31. The molecule has 1 aromatic heterocycles. The molecule has 264 valence electrons. The maximum atomic E-state index is 5.76. The second-order valence-electron chi connectivity index (χ2n) is 15.1. The van der Waals surface area contributed by atoms with Crippen molar-refractivity contribution < 1.29 is 0 Å². The van der Waals surface area contributed by atoms with Gasteiger partial charge in [0.1, 0.15) is 0 Å². The lowest BCUT2D eigenvalue weighted by atomic mass is 9.71. The third kappa shape index (κ3) is 4.79. The number of benzene rings is 8. The average molecular weight is 715 g/mol. The predicted molar refractivity (Wildman–Crippen MR) is 234 cm³/mol. The molecule has 1 heterocycles. The number of aromatic nitrogens is 1. The van der Waals surface area contributed by atoms with Crippen molar-refractivity contribution in [1.29, 1.82) is 0 Å². The van der Waals surface area contributed by atoms with E-state index in [4.69, 9.17) is 4.99 Å². The third-order valence-corrected chi connectivity index (χ3v) is 12.1. The van der Waals surface area contributed by atoms with Crippen LogP contribution in [0.25, 0.3) is 55.3 Å². The summed E-state index contributed by atoms with van der Waals surface area (Å²) in [5.41, 5.74) is 18.9. The van der Waals surface area contributed by atoms with Crippen LogP contribution in [-0.4, -0.2) is 10.3 Å². The Morgan fingerprint density at radius 3 is 1.71 bits per heavy atom. The maximum Gasteiger partial charge on any atom is 0.0895 e. The van der Waals surface area contributed by atoms with Gasteiger partial charge < -0.3 is 4.57 Å². The van der Waals surface area contributed by atoms with Crippen LogP contribution in [0.5, 0.6) is 0 Å². The van der Waals surface area contributed by atoms with Crippen molar-refractivity contribution in [2.24, 2.45) is 4.99 Å². The number of allylic oxidation sites excluding steroid dienone is 2. The van der Waals surface area contributed by atoms with Crippen LogP contribution in [0.4, 0.5) is 0 Å². The number of hydrogen-bond donors (Lipinski definition) is 0. The van der Waals surface area contributed by atoms with Crippen LogP contribution in [0.3, 0.4) is 0 Å². The van der Waals surface area contributed by atoms with E-state index in [9.17, 15) is 0 Å². The van der Waals surface area contributed by atoms with E-state index in [0.29, 0.717) is 0 Å². The minimum absolute atomic E-state index is 0.582. The molecule has 2 nitrogen and oxygen atoms in total. The van der Waals surface area contributed by atoms with E-state index in [-0.39, 0.29) is 0 Å². The van der Waals surface area contributed by atoms with E-state index in [1.807, 2.05) is 0 Å². The fraction of sp³-hybridized carbons (Fsp3) is 0.0556. The molecule has 1 atom stereocenters. The van der Waals surface area contributed by atoms with E-state index in [1.165, 1.54) is 77.5 Å². The summed E-state index contributed by atoms with van der Waals surface area (Å²) in [4.78, 5) is 5.76. The van der Waals surface area contributed by atoms with Gasteiger partial charge in [-0.1, -0.05) is 170 Å². The first-order valence-electron chi connectivity index (χ1n) is 19.5. The number of hydrogen-bond acceptors (Lipinski definition) is 1. The highest BCUT2D eigenvalue weighted by Crippen LogP contribution is 2.63. The molecule has 2 aliphatic carbocycles. The molecule has 0 N–H and O–H groups in total. The van der Waals surface area contributed by atoms with Crippen LogP contribution in [0, 0.1) is 0 Å². The Labute approximate surface area is 327 Å². The van der Waals surface area contributed by atoms with Crippen molar-refractivity contribution in [3.63, 3.8) is 0 Å². The molecule has 0 saturated carbocycles. The van der Waals surface area contributed by atoms with E-state index in [1.54, 1.807) is 0 Å². The monoisotopic (exact) mass is 714 g/mol. The van der Waals surface area contributed by atoms with Gasteiger partial charge in [-0.05, 0) is 105 Å². The SMILES string of the molecule is CC(=NC1=C(Cc2ccccc2)c2ccccc2C12c1ccccc1-c1ccc(-c3ccc(-n4c5ccccc5c5ccccc54)cc3)cc12)c1ccccc1. The molecule has 0 bridgehead atoms. The molecule has 0 aliphatic heterocycles. The largest absolute Gasteiger partial charge is 0.309 e. The van der Waals surface area contributed by atoms with Crippen LogP contribution in [0.15, 0.2) is 211 Å². The molecule has 56 heavy (non-hydrogen) atoms. The Kier molecular flexibility index (Phi) is 7.40. The zero-order valence-electron chi connectivity index (χ0n) is 31.2. The lowest BCUT2D eigenvalue weighted by Crippen LogP contribution is -2.27. The van der Waals surface area contributed by atoms with Crippen molar-refractivity contribution in [1.82, 2.24) is 4.57 Å². The van der Waals surface area contributed by atoms with Gasteiger partial charge in [-0.15, -0.1) is 0 Å². The van der Waals surface area contributed by atoms with Gasteiger partial charge >= 0.3 is 0 Å². The molecule has 0 amide bonds. The van der Waals surface area contributed by atoms with Gasteiger partial charge in [-0.3, -0.25) is 4.99 Å². The summed E-state index contributed by atoms with van der Waals surface area (Å²) in [5.74, 6) is 0. The minimum atomic E-state index is -0.582. The Bertz CT molecular complexity index is 2980. The molecule has 2 heteroatoms. The van der Waals surface area contributed by atoms with Gasteiger partial charge in [0.05, 0.1) is 22.1 Å². The number of rotatable bonds is 6. The first kappa shape index (κ1) is 32.4. The third-order valence-electron chi connectivity index (χ3n) is 12.1. The molecule has 8 aromatic carbocycles. The maximum absolute atomic E-state index is 5.76. The van der Waals surface area contributed by atoms with Gasteiger partial charge in [0.15, 0.2) is 0 Å². The molecule has 11 rings (SSSR count). The molecule has 0 fully saturated rings. The fourth-order valence-corrected chi connectivity index (χ4v) is 9.60. The predicted octanol–water partition coefficient (Wildman–Crippen LogP) is 13.2. The van der Waals surface area contributed by atoms with Crippen LogP contribution >= 0.6 is 0 Å². The van der Waals surface area contributed by atoms with E-state index >= 15 is 0 Å². The summed E-state index contributed by atoms with van der Waals surface area (Å²) in [6.45, 7) is 2.16. The van der Waals surface area contributed by atoms with Crippen molar-refractivity contribution in [2.75, 3.05) is 0 Å². The second kappa shape index (κ2) is 12.8. The van der Waals surface area contributed by atoms with Crippen LogP contribution in [0.2, 0.25) is 0 Å². The molecule has 0 radical (unpaired) electrons. The summed E-state index contributed by atoms with van der Waals surface area (Å²) in [6, 6.07) is 73.2. The zero-order chi connectivity index (χ0) is 37.2. The number of para-hydroxylation sites is 2. The van der Waals surface area contributed by atoms with Crippen LogP contribution < -0.4 is 0 Å². The average Bonchev–Trinajstić information content (AvgIpc) is 3.86. The van der Waals surface area contributed by atoms with Gasteiger partial charge in [0.25, 0.3) is 0 Å². The highest BCUT2D eigenvalue weighted by molar-refractivity contribution is 6.09. The lowest BCUT2D eigenvalue weighted by molar-refractivity contribution is 0.755. The molecule has 9 aromatic rings. The normalized spacial score (nSPS) is 15.8. The second-order valence-corrected chi connectivity index (χ2v) is 15.1. The highest BCUT2D eigenvalue weighted by Gasteiger charge is 2.53. The van der Waals surface area contributed by atoms with Gasteiger partial charge in [0, 0.05) is 22.2 Å². The Hall–Kier alpha value is -7.03. The Balaban J connectivity index is 1.13. The summed E-state index contributed by atoms with van der Waals surface area (Å²) in [7, 11) is 0. The van der Waals surface area contributed by atoms with Crippen molar-refractivity contribution in [3.05, 3.63) is 239 Å². The Morgan fingerprint density at radius 2 is 1.02 bits per heavy atom. The first-order valence-corrected chi connectivity index (χ1v) is 19.5. The van der Waals surface area contributed by atoms with Crippen molar-refractivity contribution in [2.45, 2.75) is 18.8 Å². The number of fused-ring (bicyclic) bond motifs is 10. The van der Waals surface area contributed by atoms with E-state index < -0.39 is 5.41 Å². The van der Waals surface area contributed by atoms with E-state index in [0.717, 1.165) is 29.1 Å². The molecular formula is C54H38N2. The summed E-state index contributed by atoms with van der Waals surface area (Å²) >= 11 is 0. The highest BCUT2D eigenvalue weighted by atomic mass is 15.0. The van der Waals surface area contributed by atoms with Crippen molar-refractivity contribution >= 4 is 33.1 Å². The van der Waals surface area contributed by atoms with Crippen LogP contribution in [-0.2, 0) is 11.8 Å². The fourth-order valence-electron chi connectivity index (χ4n) is 9.60. The van der Waals surface area contributed by atoms with Crippen molar-refractivity contribution in [3.8, 4) is 27.9 Å². The van der Waals surface area contributed by atoms with E-state index in [2.05, 4.69) is 212 Å². The zero-order valence-corrected chi connectivity index (χ0v) is 31.2.